The predicted molar refractivity (Wildman–Crippen MR) is 136 cm³/mol. The van der Waals surface area contributed by atoms with Gasteiger partial charge in [-0.2, -0.15) is 0 Å². The van der Waals surface area contributed by atoms with Gasteiger partial charge in [-0.25, -0.2) is 0 Å². The average molecular weight is 451 g/mol. The summed E-state index contributed by atoms with van der Waals surface area (Å²) in [5, 5.41) is 0. The topological polar surface area (TPSA) is 9.23 Å². The minimum absolute atomic E-state index is 0.194. The zero-order chi connectivity index (χ0) is 22.2. The van der Waals surface area contributed by atoms with E-state index in [4.69, 9.17) is 4.12 Å². The third-order valence-electron chi connectivity index (χ3n) is 10.5. The van der Waals surface area contributed by atoms with E-state index in [1.807, 2.05) is 0 Å². The van der Waals surface area contributed by atoms with Gasteiger partial charge in [0.25, 0.3) is 0 Å². The highest BCUT2D eigenvalue weighted by Crippen LogP contribution is 2.82. The molecule has 1 heterocycles. The normalized spacial score (nSPS) is 38.2. The van der Waals surface area contributed by atoms with Gasteiger partial charge in [-0.05, 0) is 117 Å². The van der Waals surface area contributed by atoms with E-state index in [9.17, 15) is 0 Å². The summed E-state index contributed by atoms with van der Waals surface area (Å²) in [5.74, 6) is 2.85. The van der Waals surface area contributed by atoms with E-state index < -0.39 is 16.6 Å². The molecule has 7 rings (SSSR count). The van der Waals surface area contributed by atoms with E-state index in [2.05, 4.69) is 72.1 Å². The van der Waals surface area contributed by atoms with Gasteiger partial charge in [-0.1, -0.05) is 44.6 Å². The maximum absolute atomic E-state index is 7.04. The fourth-order valence-electron chi connectivity index (χ4n) is 10.6. The summed E-state index contributed by atoms with van der Waals surface area (Å²) in [4.78, 5) is 0. The van der Waals surface area contributed by atoms with Crippen molar-refractivity contribution < 1.29 is 4.12 Å². The molecule has 5 aliphatic carbocycles. The van der Waals surface area contributed by atoms with E-state index in [1.165, 1.54) is 38.5 Å². The monoisotopic (exact) mass is 450 g/mol. The van der Waals surface area contributed by atoms with Crippen LogP contribution in [0.2, 0.25) is 30.8 Å². The molecule has 1 spiro atoms. The lowest BCUT2D eigenvalue weighted by atomic mass is 9.46. The first-order valence-electron chi connectivity index (χ1n) is 12.9. The molecule has 2 unspecified atom stereocenters. The van der Waals surface area contributed by atoms with Crippen molar-refractivity contribution in [3.63, 3.8) is 0 Å². The average Bonchev–Trinajstić information content (AvgIpc) is 2.97. The van der Waals surface area contributed by atoms with Gasteiger partial charge in [0.2, 0.25) is 0 Å². The Kier molecular flexibility index (Phi) is 3.97. The molecule has 6 aliphatic rings. The minimum Gasteiger partial charge on any atom is -0.455 e. The quantitative estimate of drug-likeness (QED) is 0.397. The maximum atomic E-state index is 7.04. The lowest BCUT2D eigenvalue weighted by molar-refractivity contribution is -0.0479. The zero-order valence-corrected chi connectivity index (χ0v) is 23.1. The number of benzene rings is 1. The Morgan fingerprint density at radius 2 is 1.55 bits per heavy atom. The molecule has 1 aromatic carbocycles. The van der Waals surface area contributed by atoms with Crippen molar-refractivity contribution in [3.8, 4) is 0 Å². The number of allylic oxidation sites excluding steroid dienone is 1. The van der Waals surface area contributed by atoms with E-state index >= 15 is 0 Å². The second-order valence-electron chi connectivity index (χ2n) is 14.1. The third-order valence-corrected chi connectivity index (χ3v) is 23.7. The van der Waals surface area contributed by atoms with Crippen LogP contribution in [0.15, 0.2) is 17.7 Å². The highest BCUT2D eigenvalue weighted by molar-refractivity contribution is 7.07. The SMILES string of the molecule is CC1=Cc2cc(C(C)(C)C)cc(C34CC5CC(CC(C5)C35[Si](C)(C)O[Si]5(C)C)C4)c2C1. The van der Waals surface area contributed by atoms with E-state index in [0.29, 0.717) is 10.1 Å². The second kappa shape index (κ2) is 5.88. The van der Waals surface area contributed by atoms with Crippen LogP contribution >= 0.6 is 0 Å². The van der Waals surface area contributed by atoms with Gasteiger partial charge in [-0.15, -0.1) is 0 Å². The molecule has 5 fully saturated rings. The smallest absolute Gasteiger partial charge is 0.180 e. The van der Waals surface area contributed by atoms with Crippen LogP contribution in [0.25, 0.3) is 6.08 Å². The van der Waals surface area contributed by atoms with Crippen molar-refractivity contribution in [2.75, 3.05) is 0 Å². The van der Waals surface area contributed by atoms with Crippen LogP contribution in [-0.4, -0.2) is 16.6 Å². The fourth-order valence-corrected chi connectivity index (χ4v) is 27.8. The molecule has 0 radical (unpaired) electrons. The van der Waals surface area contributed by atoms with Crippen molar-refractivity contribution in [2.45, 2.75) is 108 Å². The van der Waals surface area contributed by atoms with Gasteiger partial charge in [0.05, 0.1) is 0 Å². The van der Waals surface area contributed by atoms with Crippen LogP contribution in [0.1, 0.15) is 82.1 Å². The zero-order valence-electron chi connectivity index (χ0n) is 21.1. The lowest BCUT2D eigenvalue weighted by Crippen LogP contribution is -2.85. The Labute approximate surface area is 192 Å². The van der Waals surface area contributed by atoms with Gasteiger partial charge in [0.15, 0.2) is 16.6 Å². The molecular formula is C28H42OSi2. The first-order chi connectivity index (χ1) is 14.3. The van der Waals surface area contributed by atoms with Gasteiger partial charge in [-0.3, -0.25) is 0 Å². The molecule has 0 aromatic heterocycles. The summed E-state index contributed by atoms with van der Waals surface area (Å²) in [5.41, 5.74) is 8.73. The van der Waals surface area contributed by atoms with Gasteiger partial charge >= 0.3 is 0 Å². The summed E-state index contributed by atoms with van der Waals surface area (Å²) in [6.07, 6.45) is 11.1. The number of rotatable bonds is 1. The molecule has 3 heteroatoms. The Hall–Kier alpha value is -0.646. The molecule has 0 N–H and O–H groups in total. The fraction of sp³-hybridized carbons (Fsp3) is 0.714. The number of hydrogen-bond donors (Lipinski definition) is 0. The van der Waals surface area contributed by atoms with E-state index in [1.54, 1.807) is 27.8 Å². The summed E-state index contributed by atoms with van der Waals surface area (Å²) >= 11 is 0. The molecule has 31 heavy (non-hydrogen) atoms. The van der Waals surface area contributed by atoms with Gasteiger partial charge < -0.3 is 4.12 Å². The molecule has 2 atom stereocenters. The molecule has 1 aromatic rings. The van der Waals surface area contributed by atoms with Gasteiger partial charge in [0, 0.05) is 10.1 Å². The van der Waals surface area contributed by atoms with Crippen molar-refractivity contribution >= 4 is 22.7 Å². The minimum atomic E-state index is -1.76. The molecule has 168 valence electrons. The first-order valence-corrected chi connectivity index (χ1v) is 18.7. The predicted octanol–water partition coefficient (Wildman–Crippen LogP) is 7.74. The molecule has 0 amide bonds. The highest BCUT2D eigenvalue weighted by Gasteiger charge is 2.83. The van der Waals surface area contributed by atoms with E-state index in [-0.39, 0.29) is 5.41 Å². The standard InChI is InChI=1S/C28H42OSi2/c1-18-9-21-14-22(26(2,3)4)15-25(24(21)10-18)27-16-19-11-20(17-27)13-23(12-19)28(27)30(5,6)29-31(28,7)8/h9,14-15,19-20,23H,10-13,16-17H2,1-8H3. The van der Waals surface area contributed by atoms with Gasteiger partial charge in [0.1, 0.15) is 0 Å². The first kappa shape index (κ1) is 20.9. The summed E-state index contributed by atoms with van der Waals surface area (Å²) in [7, 11) is -3.53. The van der Waals surface area contributed by atoms with Crippen LogP contribution in [0.5, 0.6) is 0 Å². The van der Waals surface area contributed by atoms with Crippen molar-refractivity contribution in [2.24, 2.45) is 17.8 Å². The molecule has 4 bridgehead atoms. The number of hydrogen-bond acceptors (Lipinski definition) is 1. The largest absolute Gasteiger partial charge is 0.455 e. The van der Waals surface area contributed by atoms with Crippen molar-refractivity contribution in [3.05, 3.63) is 40.0 Å². The molecular weight excluding hydrogens is 408 g/mol. The lowest BCUT2D eigenvalue weighted by Gasteiger charge is -2.81. The molecule has 1 aliphatic heterocycles. The highest BCUT2D eigenvalue weighted by atomic mass is 28.5. The molecule has 1 nitrogen and oxygen atoms in total. The summed E-state index contributed by atoms with van der Waals surface area (Å²) in [6.45, 7) is 20.0. The second-order valence-corrected chi connectivity index (χ2v) is 23.0. The summed E-state index contributed by atoms with van der Waals surface area (Å²) < 4.78 is 7.56. The van der Waals surface area contributed by atoms with Crippen LogP contribution in [0.4, 0.5) is 0 Å². The Morgan fingerprint density at radius 3 is 2.10 bits per heavy atom. The van der Waals surface area contributed by atoms with E-state index in [0.717, 1.165) is 17.8 Å². The number of fused-ring (bicyclic) bond motifs is 1. The summed E-state index contributed by atoms with van der Waals surface area (Å²) in [6, 6.07) is 5.26. The van der Waals surface area contributed by atoms with Crippen LogP contribution in [-0.2, 0) is 21.4 Å². The Bertz CT molecular complexity index is 981. The molecule has 4 saturated carbocycles. The van der Waals surface area contributed by atoms with Crippen LogP contribution in [0.3, 0.4) is 0 Å². The molecule has 1 saturated heterocycles. The van der Waals surface area contributed by atoms with Crippen LogP contribution in [0, 0.1) is 17.8 Å². The third kappa shape index (κ3) is 2.37. The van der Waals surface area contributed by atoms with Crippen molar-refractivity contribution in [1.29, 1.82) is 0 Å². The van der Waals surface area contributed by atoms with Crippen LogP contribution < -0.4 is 0 Å². The maximum Gasteiger partial charge on any atom is 0.180 e. The van der Waals surface area contributed by atoms with Crippen molar-refractivity contribution in [1.82, 2.24) is 0 Å². The Balaban J connectivity index is 1.66. The Morgan fingerprint density at radius 1 is 0.935 bits per heavy atom.